The highest BCUT2D eigenvalue weighted by atomic mass is 35.5. The molecular formula is C23H20ClN5O3. The predicted molar refractivity (Wildman–Crippen MR) is 121 cm³/mol. The Labute approximate surface area is 188 Å². The first-order chi connectivity index (χ1) is 15.7. The van der Waals surface area contributed by atoms with Crippen molar-refractivity contribution in [1.29, 1.82) is 0 Å². The highest BCUT2D eigenvalue weighted by Crippen LogP contribution is 2.41. The van der Waals surface area contributed by atoms with Crippen LogP contribution in [0, 0.1) is 0 Å². The van der Waals surface area contributed by atoms with Crippen LogP contribution in [0.3, 0.4) is 0 Å². The van der Waals surface area contributed by atoms with Crippen LogP contribution < -0.4 is 19.9 Å². The number of imidazole rings is 1. The number of hydrogen-bond donors (Lipinski definition) is 1. The maximum atomic E-state index is 13.1. The molecule has 32 heavy (non-hydrogen) atoms. The molecule has 9 heteroatoms. The average molecular weight is 450 g/mol. The quantitative estimate of drug-likeness (QED) is 0.511. The number of hydrogen-bond acceptors (Lipinski definition) is 6. The summed E-state index contributed by atoms with van der Waals surface area (Å²) in [4.78, 5) is 22.8. The van der Waals surface area contributed by atoms with Gasteiger partial charge in [-0.2, -0.15) is 9.78 Å². The largest absolute Gasteiger partial charge is 0.486 e. The number of aromatic amines is 1. The molecule has 4 aromatic rings. The Morgan fingerprint density at radius 2 is 1.94 bits per heavy atom. The van der Waals surface area contributed by atoms with Gasteiger partial charge in [0.25, 0.3) is 5.56 Å². The first-order valence-corrected chi connectivity index (χ1v) is 11.0. The van der Waals surface area contributed by atoms with Crippen LogP contribution in [0.1, 0.15) is 24.4 Å². The van der Waals surface area contributed by atoms with E-state index in [1.54, 1.807) is 6.20 Å². The summed E-state index contributed by atoms with van der Waals surface area (Å²) in [5.74, 6) is 1.86. The van der Waals surface area contributed by atoms with Crippen molar-refractivity contribution in [3.05, 3.63) is 69.6 Å². The zero-order chi connectivity index (χ0) is 21.7. The Kier molecular flexibility index (Phi) is 4.53. The van der Waals surface area contributed by atoms with Gasteiger partial charge in [0.2, 0.25) is 5.95 Å². The molecule has 162 valence electrons. The van der Waals surface area contributed by atoms with Gasteiger partial charge < -0.3 is 19.4 Å². The fraction of sp³-hybridized carbons (Fsp3) is 0.261. The van der Waals surface area contributed by atoms with E-state index >= 15 is 0 Å². The first kappa shape index (κ1) is 19.2. The molecule has 0 amide bonds. The summed E-state index contributed by atoms with van der Waals surface area (Å²) in [5, 5.41) is 4.52. The molecule has 6 rings (SSSR count). The second-order valence-electron chi connectivity index (χ2n) is 7.89. The summed E-state index contributed by atoms with van der Waals surface area (Å²) < 4.78 is 12.6. The Hall–Kier alpha value is -3.52. The second-order valence-corrected chi connectivity index (χ2v) is 8.27. The Morgan fingerprint density at radius 3 is 2.81 bits per heavy atom. The van der Waals surface area contributed by atoms with Crippen LogP contribution in [-0.2, 0) is 0 Å². The number of fused-ring (bicyclic) bond motifs is 2. The van der Waals surface area contributed by atoms with E-state index in [-0.39, 0.29) is 11.1 Å². The molecule has 2 aromatic carbocycles. The van der Waals surface area contributed by atoms with Gasteiger partial charge in [-0.3, -0.25) is 4.79 Å². The topological polar surface area (TPSA) is 85.3 Å². The molecular weight excluding hydrogens is 430 g/mol. The van der Waals surface area contributed by atoms with Crippen molar-refractivity contribution in [3.8, 4) is 17.4 Å². The van der Waals surface area contributed by atoms with Crippen molar-refractivity contribution in [2.24, 2.45) is 0 Å². The highest BCUT2D eigenvalue weighted by Gasteiger charge is 2.30. The number of nitrogens with one attached hydrogen (secondary N) is 1. The van der Waals surface area contributed by atoms with Gasteiger partial charge in [0, 0.05) is 6.54 Å². The molecule has 1 N–H and O–H groups in total. The van der Waals surface area contributed by atoms with Crippen LogP contribution in [-0.4, -0.2) is 39.5 Å². The molecule has 1 atom stereocenters. The van der Waals surface area contributed by atoms with Gasteiger partial charge in [-0.15, -0.1) is 0 Å². The van der Waals surface area contributed by atoms with Crippen LogP contribution in [0.15, 0.2) is 53.5 Å². The minimum atomic E-state index is -0.406. The highest BCUT2D eigenvalue weighted by molar-refractivity contribution is 6.33. The van der Waals surface area contributed by atoms with E-state index in [0.29, 0.717) is 24.8 Å². The van der Waals surface area contributed by atoms with E-state index in [9.17, 15) is 4.79 Å². The lowest BCUT2D eigenvalue weighted by molar-refractivity contribution is 0.171. The van der Waals surface area contributed by atoms with Gasteiger partial charge in [0.05, 0.1) is 29.0 Å². The maximum absolute atomic E-state index is 13.1. The van der Waals surface area contributed by atoms with Gasteiger partial charge >= 0.3 is 0 Å². The number of rotatable bonds is 3. The second kappa shape index (κ2) is 7.56. The van der Waals surface area contributed by atoms with E-state index < -0.39 is 5.56 Å². The standard InChI is InChI=1S/C23H20ClN5O3/c24-21-18(13-25-29(22(21)30)23-26-15-4-1-2-5-16(15)27-23)28-9-3-6-17(28)14-7-8-19-20(12-14)32-11-10-31-19/h1-2,4-5,7-8,12-13,17H,3,6,9-11H2,(H,26,27)/t17-/m0/s1. The third-order valence-corrected chi connectivity index (χ3v) is 6.35. The summed E-state index contributed by atoms with van der Waals surface area (Å²) >= 11 is 6.59. The fourth-order valence-corrected chi connectivity index (χ4v) is 4.72. The minimum Gasteiger partial charge on any atom is -0.486 e. The number of ether oxygens (including phenoxy) is 2. The Balaban J connectivity index is 1.36. The lowest BCUT2D eigenvalue weighted by atomic mass is 10.0. The number of para-hydroxylation sites is 2. The van der Waals surface area contributed by atoms with E-state index in [0.717, 1.165) is 47.5 Å². The van der Waals surface area contributed by atoms with Crippen molar-refractivity contribution in [2.45, 2.75) is 18.9 Å². The summed E-state index contributed by atoms with van der Waals surface area (Å²) in [7, 11) is 0. The fourth-order valence-electron chi connectivity index (χ4n) is 4.48. The number of nitrogens with zero attached hydrogens (tertiary/aromatic N) is 4. The summed E-state index contributed by atoms with van der Waals surface area (Å²) in [6.45, 7) is 1.89. The lowest BCUT2D eigenvalue weighted by Gasteiger charge is -2.28. The van der Waals surface area contributed by atoms with Crippen molar-refractivity contribution in [2.75, 3.05) is 24.7 Å². The van der Waals surface area contributed by atoms with Crippen molar-refractivity contribution in [3.63, 3.8) is 0 Å². The lowest BCUT2D eigenvalue weighted by Crippen LogP contribution is -2.29. The molecule has 2 aliphatic heterocycles. The van der Waals surface area contributed by atoms with Gasteiger partial charge in [-0.25, -0.2) is 4.98 Å². The molecule has 0 unspecified atom stereocenters. The molecule has 1 fully saturated rings. The first-order valence-electron chi connectivity index (χ1n) is 10.6. The van der Waals surface area contributed by atoms with Gasteiger partial charge in [0.15, 0.2) is 11.5 Å². The van der Waals surface area contributed by atoms with Crippen LogP contribution in [0.4, 0.5) is 5.69 Å². The van der Waals surface area contributed by atoms with Crippen LogP contribution in [0.5, 0.6) is 11.5 Å². The number of halogens is 1. The number of aromatic nitrogens is 4. The normalized spacial score (nSPS) is 17.8. The van der Waals surface area contributed by atoms with Crippen LogP contribution in [0.25, 0.3) is 17.0 Å². The molecule has 8 nitrogen and oxygen atoms in total. The summed E-state index contributed by atoms with van der Waals surface area (Å²) in [6.07, 6.45) is 3.58. The summed E-state index contributed by atoms with van der Waals surface area (Å²) in [5.41, 5.74) is 2.91. The van der Waals surface area contributed by atoms with E-state index in [4.69, 9.17) is 21.1 Å². The zero-order valence-electron chi connectivity index (χ0n) is 17.1. The molecule has 1 saturated heterocycles. The van der Waals surface area contributed by atoms with Gasteiger partial charge in [0.1, 0.15) is 18.2 Å². The number of anilines is 1. The number of benzene rings is 2. The molecule has 4 heterocycles. The predicted octanol–water partition coefficient (Wildman–Crippen LogP) is 3.87. The monoisotopic (exact) mass is 449 g/mol. The molecule has 0 bridgehead atoms. The Morgan fingerprint density at radius 1 is 1.09 bits per heavy atom. The molecule has 0 saturated carbocycles. The summed E-state index contributed by atoms with van der Waals surface area (Å²) in [6, 6.07) is 13.7. The number of H-pyrrole nitrogens is 1. The zero-order valence-corrected chi connectivity index (χ0v) is 17.9. The van der Waals surface area contributed by atoms with Crippen molar-refractivity contribution < 1.29 is 9.47 Å². The van der Waals surface area contributed by atoms with Crippen molar-refractivity contribution in [1.82, 2.24) is 19.7 Å². The molecule has 0 spiro atoms. The third kappa shape index (κ3) is 3.10. The average Bonchev–Trinajstić information content (AvgIpc) is 3.47. The van der Waals surface area contributed by atoms with E-state index in [1.807, 2.05) is 42.5 Å². The Bertz CT molecular complexity index is 1350. The van der Waals surface area contributed by atoms with Crippen LogP contribution >= 0.6 is 11.6 Å². The maximum Gasteiger partial charge on any atom is 0.295 e. The third-order valence-electron chi connectivity index (χ3n) is 5.99. The molecule has 2 aliphatic rings. The van der Waals surface area contributed by atoms with E-state index in [1.165, 1.54) is 4.68 Å². The smallest absolute Gasteiger partial charge is 0.295 e. The SMILES string of the molecule is O=c1c(Cl)c(N2CCC[C@H]2c2ccc3c(c2)OCCO3)cnn1-c1nc2ccccc2[nH]1. The minimum absolute atomic E-state index is 0.0755. The molecule has 2 aromatic heterocycles. The van der Waals surface area contributed by atoms with Gasteiger partial charge in [-0.05, 0) is 42.7 Å². The van der Waals surface area contributed by atoms with E-state index in [2.05, 4.69) is 20.0 Å². The van der Waals surface area contributed by atoms with Crippen molar-refractivity contribution >= 4 is 28.3 Å². The van der Waals surface area contributed by atoms with Gasteiger partial charge in [-0.1, -0.05) is 29.8 Å². The molecule has 0 aliphatic carbocycles. The molecule has 0 radical (unpaired) electrons. The van der Waals surface area contributed by atoms with Crippen LogP contribution in [0.2, 0.25) is 5.02 Å².